The first-order valence-corrected chi connectivity index (χ1v) is 8.45. The van der Waals surface area contributed by atoms with Gasteiger partial charge in [0.1, 0.15) is 0 Å². The number of carbonyl (C=O) groups is 2. The summed E-state index contributed by atoms with van der Waals surface area (Å²) in [5.41, 5.74) is 0.808. The number of Topliss-reactive ketones (excluding diaryl/α,β-unsaturated/α-hetero) is 1. The lowest BCUT2D eigenvalue weighted by Gasteiger charge is -2.16. The molecule has 3 nitrogen and oxygen atoms in total. The minimum atomic E-state index is -0.172. The number of allylic oxidation sites excluding steroid dienone is 2. The van der Waals surface area contributed by atoms with Crippen molar-refractivity contribution in [1.82, 2.24) is 0 Å². The number of esters is 1. The first-order chi connectivity index (χ1) is 10.2. The predicted molar refractivity (Wildman–Crippen MR) is 85.1 cm³/mol. The standard InChI is InChI=1S/C18H30O3/c1-3-15-14-16(18(20)21-2)12-10-8-6-4-5-7-9-11-13-17(15)19/h3,16H,4-14H2,1-2H3/b15-3+. The van der Waals surface area contributed by atoms with E-state index in [1.165, 1.54) is 39.2 Å². The van der Waals surface area contributed by atoms with Gasteiger partial charge in [0.05, 0.1) is 13.0 Å². The Morgan fingerprint density at radius 3 is 2.19 bits per heavy atom. The zero-order valence-corrected chi connectivity index (χ0v) is 13.7. The number of carbonyl (C=O) groups excluding carboxylic acids is 2. The lowest BCUT2D eigenvalue weighted by Crippen LogP contribution is -2.19. The molecule has 1 saturated carbocycles. The summed E-state index contributed by atoms with van der Waals surface area (Å²) in [5.74, 6) is -0.120. The average Bonchev–Trinajstić information content (AvgIpc) is 2.50. The summed E-state index contributed by atoms with van der Waals surface area (Å²) in [6.07, 6.45) is 13.2. The van der Waals surface area contributed by atoms with E-state index in [4.69, 9.17) is 4.74 Å². The van der Waals surface area contributed by atoms with Crippen molar-refractivity contribution in [3.05, 3.63) is 11.6 Å². The van der Waals surface area contributed by atoms with Crippen molar-refractivity contribution in [3.8, 4) is 0 Å². The first-order valence-electron chi connectivity index (χ1n) is 8.45. The average molecular weight is 294 g/mol. The molecule has 1 unspecified atom stereocenters. The molecule has 0 aromatic carbocycles. The van der Waals surface area contributed by atoms with E-state index in [2.05, 4.69) is 0 Å². The topological polar surface area (TPSA) is 43.4 Å². The summed E-state index contributed by atoms with van der Waals surface area (Å²) < 4.78 is 4.91. The number of methoxy groups -OCH3 is 1. The Balaban J connectivity index is 2.69. The van der Waals surface area contributed by atoms with Crippen LogP contribution in [-0.2, 0) is 14.3 Å². The minimum absolute atomic E-state index is 0.159. The van der Waals surface area contributed by atoms with Crippen molar-refractivity contribution in [3.63, 3.8) is 0 Å². The fourth-order valence-electron chi connectivity index (χ4n) is 3.03. The molecule has 0 amide bonds. The predicted octanol–water partition coefficient (Wildman–Crippen LogP) is 4.60. The molecular weight excluding hydrogens is 264 g/mol. The van der Waals surface area contributed by atoms with Gasteiger partial charge in [0.25, 0.3) is 0 Å². The molecule has 3 heteroatoms. The Kier molecular flexibility index (Phi) is 9.04. The zero-order valence-electron chi connectivity index (χ0n) is 13.7. The molecule has 0 aromatic heterocycles. The van der Waals surface area contributed by atoms with E-state index in [0.29, 0.717) is 12.8 Å². The molecule has 1 fully saturated rings. The molecular formula is C18H30O3. The zero-order chi connectivity index (χ0) is 15.5. The largest absolute Gasteiger partial charge is 0.469 e. The van der Waals surface area contributed by atoms with Gasteiger partial charge in [0.2, 0.25) is 0 Å². The molecule has 0 heterocycles. The molecule has 120 valence electrons. The Bertz CT molecular complexity index is 357. The maximum atomic E-state index is 12.3. The second kappa shape index (κ2) is 10.6. The summed E-state index contributed by atoms with van der Waals surface area (Å²) in [7, 11) is 1.44. The number of ether oxygens (including phenoxy) is 1. The van der Waals surface area contributed by atoms with Crippen LogP contribution in [0.5, 0.6) is 0 Å². The monoisotopic (exact) mass is 294 g/mol. The van der Waals surface area contributed by atoms with Crippen LogP contribution in [0.2, 0.25) is 0 Å². The summed E-state index contributed by atoms with van der Waals surface area (Å²) >= 11 is 0. The fourth-order valence-corrected chi connectivity index (χ4v) is 3.03. The molecule has 0 aliphatic heterocycles. The number of hydrogen-bond acceptors (Lipinski definition) is 3. The van der Waals surface area contributed by atoms with Gasteiger partial charge < -0.3 is 4.74 Å². The molecule has 0 bridgehead atoms. The highest BCUT2D eigenvalue weighted by Crippen LogP contribution is 2.23. The highest BCUT2D eigenvalue weighted by atomic mass is 16.5. The van der Waals surface area contributed by atoms with Crippen LogP contribution in [0.25, 0.3) is 0 Å². The van der Waals surface area contributed by atoms with E-state index < -0.39 is 0 Å². The van der Waals surface area contributed by atoms with Crippen LogP contribution in [0.3, 0.4) is 0 Å². The Morgan fingerprint density at radius 1 is 1.05 bits per heavy atom. The maximum absolute atomic E-state index is 12.3. The molecule has 1 aliphatic carbocycles. The second-order valence-electron chi connectivity index (χ2n) is 6.03. The SMILES string of the molecule is C/C=C1\CC(C(=O)OC)CCCCCCCCCCC1=O. The first kappa shape index (κ1) is 17.9. The van der Waals surface area contributed by atoms with E-state index >= 15 is 0 Å². The number of ketones is 1. The van der Waals surface area contributed by atoms with E-state index in [-0.39, 0.29) is 17.7 Å². The van der Waals surface area contributed by atoms with Crippen molar-refractivity contribution in [2.75, 3.05) is 7.11 Å². The summed E-state index contributed by atoms with van der Waals surface area (Å²) in [6.45, 7) is 1.89. The van der Waals surface area contributed by atoms with Crippen molar-refractivity contribution in [2.24, 2.45) is 5.92 Å². The van der Waals surface area contributed by atoms with Crippen molar-refractivity contribution < 1.29 is 14.3 Å². The van der Waals surface area contributed by atoms with Gasteiger partial charge >= 0.3 is 5.97 Å². The normalized spacial score (nSPS) is 25.3. The Labute approximate surface area is 129 Å². The number of rotatable bonds is 1. The molecule has 1 aliphatic rings. The van der Waals surface area contributed by atoms with E-state index in [0.717, 1.165) is 31.3 Å². The smallest absolute Gasteiger partial charge is 0.308 e. The fraction of sp³-hybridized carbons (Fsp3) is 0.778. The van der Waals surface area contributed by atoms with Gasteiger partial charge in [0.15, 0.2) is 5.78 Å². The summed E-state index contributed by atoms with van der Waals surface area (Å²) in [5, 5.41) is 0. The summed E-state index contributed by atoms with van der Waals surface area (Å²) in [6, 6.07) is 0. The van der Waals surface area contributed by atoms with Crippen LogP contribution in [0.15, 0.2) is 11.6 Å². The highest BCUT2D eigenvalue weighted by Gasteiger charge is 2.22. The van der Waals surface area contributed by atoms with Gasteiger partial charge in [0, 0.05) is 6.42 Å². The van der Waals surface area contributed by atoms with Gasteiger partial charge in [-0.15, -0.1) is 0 Å². The van der Waals surface area contributed by atoms with Gasteiger partial charge in [-0.1, -0.05) is 51.0 Å². The molecule has 0 spiro atoms. The lowest BCUT2D eigenvalue weighted by molar-refractivity contribution is -0.145. The molecule has 1 atom stereocenters. The van der Waals surface area contributed by atoms with Crippen molar-refractivity contribution in [1.29, 1.82) is 0 Å². The molecule has 21 heavy (non-hydrogen) atoms. The second-order valence-corrected chi connectivity index (χ2v) is 6.03. The molecule has 0 radical (unpaired) electrons. The van der Waals surface area contributed by atoms with Crippen LogP contribution < -0.4 is 0 Å². The van der Waals surface area contributed by atoms with E-state index in [9.17, 15) is 9.59 Å². The third-order valence-corrected chi connectivity index (χ3v) is 4.41. The quantitative estimate of drug-likeness (QED) is 0.524. The molecule has 0 saturated heterocycles. The van der Waals surface area contributed by atoms with Crippen LogP contribution >= 0.6 is 0 Å². The number of hydrogen-bond donors (Lipinski definition) is 0. The Hall–Kier alpha value is -1.12. The lowest BCUT2D eigenvalue weighted by atomic mass is 9.89. The van der Waals surface area contributed by atoms with E-state index in [1.54, 1.807) is 0 Å². The van der Waals surface area contributed by atoms with Crippen molar-refractivity contribution >= 4 is 11.8 Å². The van der Waals surface area contributed by atoms with Crippen LogP contribution in [0, 0.1) is 5.92 Å². The van der Waals surface area contributed by atoms with E-state index in [1.807, 2.05) is 13.0 Å². The van der Waals surface area contributed by atoms with Crippen LogP contribution in [0.4, 0.5) is 0 Å². The molecule has 1 rings (SSSR count). The van der Waals surface area contributed by atoms with Gasteiger partial charge in [-0.3, -0.25) is 9.59 Å². The van der Waals surface area contributed by atoms with Crippen molar-refractivity contribution in [2.45, 2.75) is 77.6 Å². The third-order valence-electron chi connectivity index (χ3n) is 4.41. The van der Waals surface area contributed by atoms with Gasteiger partial charge in [-0.2, -0.15) is 0 Å². The van der Waals surface area contributed by atoms with Gasteiger partial charge in [-0.25, -0.2) is 0 Å². The van der Waals surface area contributed by atoms with Gasteiger partial charge in [-0.05, 0) is 31.8 Å². The highest BCUT2D eigenvalue weighted by molar-refractivity contribution is 5.95. The van der Waals surface area contributed by atoms with Crippen LogP contribution in [0.1, 0.15) is 77.6 Å². The molecule has 0 aromatic rings. The maximum Gasteiger partial charge on any atom is 0.308 e. The Morgan fingerprint density at radius 2 is 1.62 bits per heavy atom. The van der Waals surface area contributed by atoms with Crippen LogP contribution in [-0.4, -0.2) is 18.9 Å². The third kappa shape index (κ3) is 6.92. The minimum Gasteiger partial charge on any atom is -0.469 e. The summed E-state index contributed by atoms with van der Waals surface area (Å²) in [4.78, 5) is 24.2. The molecule has 0 N–H and O–H groups in total.